The number of nitrogens with one attached hydrogen (secondary N) is 1. The van der Waals surface area contributed by atoms with Crippen molar-refractivity contribution >= 4 is 45.0 Å². The third-order valence-electron chi connectivity index (χ3n) is 3.91. The molecule has 2 heterocycles. The zero-order chi connectivity index (χ0) is 20.1. The minimum absolute atomic E-state index is 0.140. The monoisotopic (exact) mass is 485 g/mol. The predicted octanol–water partition coefficient (Wildman–Crippen LogP) is 5.25. The molecule has 0 radical (unpaired) electrons. The van der Waals surface area contributed by atoms with Gasteiger partial charge in [-0.1, -0.05) is 29.3 Å². The topological polar surface area (TPSA) is 69.3 Å². The van der Waals surface area contributed by atoms with Crippen molar-refractivity contribution in [3.63, 3.8) is 0 Å². The van der Waals surface area contributed by atoms with Crippen LogP contribution in [0.1, 0.15) is 28.4 Å². The third-order valence-corrected chi connectivity index (χ3v) is 5.49. The maximum atomic E-state index is 12.2. The molecule has 0 saturated heterocycles. The van der Waals surface area contributed by atoms with E-state index in [4.69, 9.17) is 32.4 Å². The molecule has 0 unspecified atom stereocenters. The van der Waals surface area contributed by atoms with Crippen molar-refractivity contribution in [3.8, 4) is 5.75 Å². The lowest BCUT2D eigenvalue weighted by atomic mass is 10.3. The summed E-state index contributed by atoms with van der Waals surface area (Å²) in [6.07, 6.45) is 2.67. The molecule has 0 saturated carbocycles. The predicted molar refractivity (Wildman–Crippen MR) is 111 cm³/mol. The largest absolute Gasteiger partial charge is 0.484 e. The molecular weight excluding hydrogens is 469 g/mol. The van der Waals surface area contributed by atoms with Gasteiger partial charge in [0.2, 0.25) is 0 Å². The number of carbonyl (C=O) groups excluding carboxylic acids is 1. The summed E-state index contributed by atoms with van der Waals surface area (Å²) in [5.41, 5.74) is 0.938. The summed E-state index contributed by atoms with van der Waals surface area (Å²) in [7, 11) is 0. The van der Waals surface area contributed by atoms with E-state index in [2.05, 4.69) is 26.3 Å². The Bertz CT molecular complexity index is 952. The highest BCUT2D eigenvalue weighted by Gasteiger charge is 2.12. The average molecular weight is 487 g/mol. The maximum Gasteiger partial charge on any atom is 0.286 e. The van der Waals surface area contributed by atoms with Gasteiger partial charge in [-0.25, -0.2) is 0 Å². The molecule has 0 aliphatic rings. The first kappa shape index (κ1) is 20.8. The summed E-state index contributed by atoms with van der Waals surface area (Å²) in [5.74, 6) is 0.924. The van der Waals surface area contributed by atoms with Gasteiger partial charge in [-0.15, -0.1) is 0 Å². The first-order valence-electron chi connectivity index (χ1n) is 8.57. The Kier molecular flexibility index (Phi) is 7.04. The number of nitrogens with zero attached hydrogens (tertiary/aromatic N) is 2. The lowest BCUT2D eigenvalue weighted by molar-refractivity contribution is 0.0921. The van der Waals surface area contributed by atoms with Gasteiger partial charge < -0.3 is 14.5 Å². The van der Waals surface area contributed by atoms with Crippen LogP contribution >= 0.6 is 39.1 Å². The molecule has 9 heteroatoms. The fourth-order valence-electron chi connectivity index (χ4n) is 2.46. The van der Waals surface area contributed by atoms with Gasteiger partial charge in [0.25, 0.3) is 5.91 Å². The normalized spacial score (nSPS) is 10.9. The molecule has 0 spiro atoms. The van der Waals surface area contributed by atoms with Crippen LogP contribution in [0.4, 0.5) is 0 Å². The quantitative estimate of drug-likeness (QED) is 0.441. The number of aromatic nitrogens is 2. The Hall–Kier alpha value is -1.96. The summed E-state index contributed by atoms with van der Waals surface area (Å²) in [6.45, 7) is 3.30. The molecule has 0 fully saturated rings. The first-order chi connectivity index (χ1) is 13.4. The van der Waals surface area contributed by atoms with Crippen molar-refractivity contribution in [3.05, 3.63) is 68.3 Å². The molecule has 3 rings (SSSR count). The van der Waals surface area contributed by atoms with E-state index >= 15 is 0 Å². The van der Waals surface area contributed by atoms with E-state index in [1.54, 1.807) is 30.3 Å². The van der Waals surface area contributed by atoms with Crippen LogP contribution in [0, 0.1) is 6.92 Å². The standard InChI is InChI=1S/C19H18BrCl2N3O3/c1-12-14(20)10-25(24-12)9-3-8-23-19(26)17-7-6-13(28-17)11-27-16-5-2-4-15(21)18(16)22/h2,4-7,10H,3,8-9,11H2,1H3,(H,23,26). The summed E-state index contributed by atoms with van der Waals surface area (Å²) < 4.78 is 14.0. The fourth-order valence-corrected chi connectivity index (χ4v) is 3.12. The molecule has 6 nitrogen and oxygen atoms in total. The minimum Gasteiger partial charge on any atom is -0.484 e. The molecule has 148 valence electrons. The van der Waals surface area contributed by atoms with Crippen molar-refractivity contribution in [2.75, 3.05) is 6.54 Å². The molecule has 0 bridgehead atoms. The Labute approximate surface area is 180 Å². The van der Waals surface area contributed by atoms with Gasteiger partial charge in [-0.3, -0.25) is 9.48 Å². The van der Waals surface area contributed by atoms with Crippen molar-refractivity contribution in [2.45, 2.75) is 26.5 Å². The van der Waals surface area contributed by atoms with Crippen molar-refractivity contribution in [1.82, 2.24) is 15.1 Å². The number of hydrogen-bond donors (Lipinski definition) is 1. The Morgan fingerprint density at radius 1 is 1.32 bits per heavy atom. The fraction of sp³-hybridized carbons (Fsp3) is 0.263. The number of rotatable bonds is 8. The molecular formula is C19H18BrCl2N3O3. The van der Waals surface area contributed by atoms with E-state index in [1.807, 2.05) is 17.8 Å². The highest BCUT2D eigenvalue weighted by atomic mass is 79.9. The zero-order valence-electron chi connectivity index (χ0n) is 15.0. The highest BCUT2D eigenvalue weighted by Crippen LogP contribution is 2.32. The molecule has 28 heavy (non-hydrogen) atoms. The number of halogens is 3. The number of ether oxygens (including phenoxy) is 1. The van der Waals surface area contributed by atoms with Gasteiger partial charge >= 0.3 is 0 Å². The van der Waals surface area contributed by atoms with Crippen LogP contribution in [-0.2, 0) is 13.2 Å². The number of aryl methyl sites for hydroxylation is 2. The van der Waals surface area contributed by atoms with Gasteiger partial charge in [0, 0.05) is 19.3 Å². The molecule has 1 amide bonds. The Morgan fingerprint density at radius 3 is 2.89 bits per heavy atom. The third kappa shape index (κ3) is 5.31. The lowest BCUT2D eigenvalue weighted by Crippen LogP contribution is -2.24. The van der Waals surface area contributed by atoms with E-state index in [0.717, 1.165) is 16.6 Å². The van der Waals surface area contributed by atoms with E-state index in [0.29, 0.717) is 34.6 Å². The molecule has 3 aromatic rings. The van der Waals surface area contributed by atoms with Gasteiger partial charge in [0.1, 0.15) is 23.1 Å². The summed E-state index contributed by atoms with van der Waals surface area (Å²) >= 11 is 15.5. The van der Waals surface area contributed by atoms with E-state index in [1.165, 1.54) is 0 Å². The lowest BCUT2D eigenvalue weighted by Gasteiger charge is -2.07. The molecule has 0 atom stereocenters. The number of furan rings is 1. The number of amides is 1. The minimum atomic E-state index is -0.273. The van der Waals surface area contributed by atoms with Gasteiger partial charge in [0.05, 0.1) is 15.2 Å². The maximum absolute atomic E-state index is 12.2. The SMILES string of the molecule is Cc1nn(CCCNC(=O)c2ccc(COc3cccc(Cl)c3Cl)o2)cc1Br. The number of carbonyl (C=O) groups is 1. The Balaban J connectivity index is 1.45. The summed E-state index contributed by atoms with van der Waals surface area (Å²) in [5, 5.41) is 7.94. The number of benzene rings is 1. The summed E-state index contributed by atoms with van der Waals surface area (Å²) in [4.78, 5) is 12.2. The smallest absolute Gasteiger partial charge is 0.286 e. The van der Waals surface area contributed by atoms with E-state index < -0.39 is 0 Å². The van der Waals surface area contributed by atoms with Gasteiger partial charge in [-0.2, -0.15) is 5.10 Å². The van der Waals surface area contributed by atoms with Crippen molar-refractivity contribution < 1.29 is 13.9 Å². The first-order valence-corrected chi connectivity index (χ1v) is 10.1. The average Bonchev–Trinajstić information content (AvgIpc) is 3.27. The van der Waals surface area contributed by atoms with Crippen LogP contribution in [0.3, 0.4) is 0 Å². The number of hydrogen-bond acceptors (Lipinski definition) is 4. The zero-order valence-corrected chi connectivity index (χ0v) is 18.1. The second-order valence-electron chi connectivity index (χ2n) is 6.04. The summed E-state index contributed by atoms with van der Waals surface area (Å²) in [6, 6.07) is 8.44. The molecule has 0 aliphatic heterocycles. The van der Waals surface area contributed by atoms with Crippen molar-refractivity contribution in [2.24, 2.45) is 0 Å². The van der Waals surface area contributed by atoms with Gasteiger partial charge in [0.15, 0.2) is 5.76 Å². The second kappa shape index (κ2) is 9.49. The molecule has 1 aromatic carbocycles. The van der Waals surface area contributed by atoms with Crippen LogP contribution in [0.25, 0.3) is 0 Å². The molecule has 2 aromatic heterocycles. The molecule has 0 aliphatic carbocycles. The van der Waals surface area contributed by atoms with Crippen LogP contribution in [0.2, 0.25) is 10.0 Å². The van der Waals surface area contributed by atoms with Gasteiger partial charge in [-0.05, 0) is 53.5 Å². The van der Waals surface area contributed by atoms with E-state index in [9.17, 15) is 4.79 Å². The molecule has 1 N–H and O–H groups in total. The van der Waals surface area contributed by atoms with E-state index in [-0.39, 0.29) is 18.3 Å². The van der Waals surface area contributed by atoms with Crippen LogP contribution in [0.15, 0.2) is 45.4 Å². The van der Waals surface area contributed by atoms with Crippen LogP contribution in [-0.4, -0.2) is 22.2 Å². The van der Waals surface area contributed by atoms with Crippen LogP contribution in [0.5, 0.6) is 5.75 Å². The highest BCUT2D eigenvalue weighted by molar-refractivity contribution is 9.10. The Morgan fingerprint density at radius 2 is 2.14 bits per heavy atom. The van der Waals surface area contributed by atoms with Crippen molar-refractivity contribution in [1.29, 1.82) is 0 Å². The second-order valence-corrected chi connectivity index (χ2v) is 7.68. The van der Waals surface area contributed by atoms with Crippen LogP contribution < -0.4 is 10.1 Å².